The minimum Gasteiger partial charge on any atom is -0.370 e. The van der Waals surface area contributed by atoms with Gasteiger partial charge in [0.2, 0.25) is 0 Å². The number of hydrogen-bond donors (Lipinski definition) is 1. The maximum Gasteiger partial charge on any atom is 0.152 e. The molecule has 0 unspecified atom stereocenters. The van der Waals surface area contributed by atoms with Crippen molar-refractivity contribution in [1.29, 1.82) is 0 Å². The molecule has 0 amide bonds. The standard InChI is InChI=1S/C11H15BN2O/c12-10-3-1-2-8(7-15)11(10)14-5-4-9(13)6-14/h1-3,7,9H,4-6,12-13H2/t9-/m0/s1. The van der Waals surface area contributed by atoms with Crippen molar-refractivity contribution in [2.75, 3.05) is 18.0 Å². The van der Waals surface area contributed by atoms with Gasteiger partial charge >= 0.3 is 0 Å². The predicted octanol–water partition coefficient (Wildman–Crippen LogP) is -0.705. The molecule has 1 aliphatic heterocycles. The fraction of sp³-hybridized carbons (Fsp3) is 0.364. The van der Waals surface area contributed by atoms with Crippen LogP contribution in [0.4, 0.5) is 5.69 Å². The zero-order valence-corrected chi connectivity index (χ0v) is 8.94. The van der Waals surface area contributed by atoms with Gasteiger partial charge in [-0.1, -0.05) is 17.6 Å². The number of hydrogen-bond acceptors (Lipinski definition) is 3. The molecule has 0 bridgehead atoms. The number of anilines is 1. The van der Waals surface area contributed by atoms with Gasteiger partial charge in [0.15, 0.2) is 6.29 Å². The number of rotatable bonds is 2. The van der Waals surface area contributed by atoms with Gasteiger partial charge in [-0.3, -0.25) is 4.79 Å². The van der Waals surface area contributed by atoms with Crippen molar-refractivity contribution in [3.8, 4) is 0 Å². The number of aldehydes is 1. The highest BCUT2D eigenvalue weighted by Gasteiger charge is 2.22. The molecular formula is C11H15BN2O. The maximum absolute atomic E-state index is 11.0. The summed E-state index contributed by atoms with van der Waals surface area (Å²) in [4.78, 5) is 13.2. The van der Waals surface area contributed by atoms with E-state index in [2.05, 4.69) is 4.90 Å². The van der Waals surface area contributed by atoms with E-state index in [4.69, 9.17) is 5.73 Å². The lowest BCUT2D eigenvalue weighted by Crippen LogP contribution is -2.30. The quantitative estimate of drug-likeness (QED) is 0.509. The Kier molecular flexibility index (Phi) is 2.78. The van der Waals surface area contributed by atoms with Crippen LogP contribution in [-0.2, 0) is 0 Å². The third-order valence-electron chi connectivity index (χ3n) is 2.94. The topological polar surface area (TPSA) is 46.3 Å². The molecule has 15 heavy (non-hydrogen) atoms. The van der Waals surface area contributed by atoms with Crippen LogP contribution < -0.4 is 16.1 Å². The summed E-state index contributed by atoms with van der Waals surface area (Å²) < 4.78 is 0. The van der Waals surface area contributed by atoms with Gasteiger partial charge in [-0.15, -0.1) is 0 Å². The first-order chi connectivity index (χ1) is 7.22. The predicted molar refractivity (Wildman–Crippen MR) is 64.8 cm³/mol. The summed E-state index contributed by atoms with van der Waals surface area (Å²) in [5.41, 5.74) is 8.84. The molecule has 1 aromatic carbocycles. The number of nitrogens with zero attached hydrogens (tertiary/aromatic N) is 1. The lowest BCUT2D eigenvalue weighted by Gasteiger charge is -2.22. The number of carbonyl (C=O) groups excluding carboxylic acids is 1. The molecular weight excluding hydrogens is 187 g/mol. The van der Waals surface area contributed by atoms with Crippen LogP contribution in [0.2, 0.25) is 0 Å². The normalized spacial score (nSPS) is 20.6. The molecule has 1 aliphatic rings. The van der Waals surface area contributed by atoms with Crippen molar-refractivity contribution in [3.05, 3.63) is 23.8 Å². The smallest absolute Gasteiger partial charge is 0.152 e. The Morgan fingerprint density at radius 3 is 2.93 bits per heavy atom. The van der Waals surface area contributed by atoms with E-state index < -0.39 is 0 Å². The van der Waals surface area contributed by atoms with Crippen molar-refractivity contribution in [2.24, 2.45) is 5.73 Å². The second kappa shape index (κ2) is 4.07. The van der Waals surface area contributed by atoms with Crippen LogP contribution in [0, 0.1) is 0 Å². The highest BCUT2D eigenvalue weighted by Crippen LogP contribution is 2.20. The van der Waals surface area contributed by atoms with Gasteiger partial charge in [0, 0.05) is 30.4 Å². The van der Waals surface area contributed by atoms with Crippen molar-refractivity contribution in [1.82, 2.24) is 0 Å². The lowest BCUT2D eigenvalue weighted by atomic mass is 9.91. The fourth-order valence-corrected chi connectivity index (χ4v) is 2.20. The van der Waals surface area contributed by atoms with Crippen molar-refractivity contribution in [3.63, 3.8) is 0 Å². The minimum atomic E-state index is 0.240. The van der Waals surface area contributed by atoms with E-state index in [1.165, 1.54) is 0 Å². The van der Waals surface area contributed by atoms with E-state index in [0.29, 0.717) is 0 Å². The Morgan fingerprint density at radius 2 is 2.33 bits per heavy atom. The van der Waals surface area contributed by atoms with Crippen molar-refractivity contribution >= 4 is 25.3 Å². The Balaban J connectivity index is 2.37. The molecule has 1 heterocycles. The van der Waals surface area contributed by atoms with Crippen LogP contribution in [0.5, 0.6) is 0 Å². The van der Waals surface area contributed by atoms with E-state index in [-0.39, 0.29) is 6.04 Å². The van der Waals surface area contributed by atoms with Gasteiger partial charge in [0.25, 0.3) is 0 Å². The fourth-order valence-electron chi connectivity index (χ4n) is 2.20. The summed E-state index contributed by atoms with van der Waals surface area (Å²) >= 11 is 0. The van der Waals surface area contributed by atoms with E-state index in [1.807, 2.05) is 26.0 Å². The molecule has 2 N–H and O–H groups in total. The SMILES string of the molecule is Bc1cccc(C=O)c1N1CC[C@H](N)C1. The first-order valence-corrected chi connectivity index (χ1v) is 5.27. The Morgan fingerprint density at radius 1 is 1.53 bits per heavy atom. The van der Waals surface area contributed by atoms with Crippen LogP contribution in [0.1, 0.15) is 16.8 Å². The number of nitrogens with two attached hydrogens (primary N) is 1. The second-order valence-corrected chi connectivity index (χ2v) is 4.13. The number of carbonyl (C=O) groups is 1. The third kappa shape index (κ3) is 1.90. The van der Waals surface area contributed by atoms with Gasteiger partial charge < -0.3 is 10.6 Å². The van der Waals surface area contributed by atoms with E-state index in [1.54, 1.807) is 0 Å². The van der Waals surface area contributed by atoms with Crippen molar-refractivity contribution in [2.45, 2.75) is 12.5 Å². The van der Waals surface area contributed by atoms with Gasteiger partial charge in [0.1, 0.15) is 7.85 Å². The molecule has 1 atom stereocenters. The van der Waals surface area contributed by atoms with Crippen LogP contribution in [0.25, 0.3) is 0 Å². The third-order valence-corrected chi connectivity index (χ3v) is 2.94. The van der Waals surface area contributed by atoms with Crippen LogP contribution in [0.15, 0.2) is 18.2 Å². The van der Waals surface area contributed by atoms with Gasteiger partial charge in [-0.05, 0) is 12.5 Å². The zero-order chi connectivity index (χ0) is 10.8. The molecule has 0 aliphatic carbocycles. The molecule has 78 valence electrons. The molecule has 4 heteroatoms. The Labute approximate surface area is 90.7 Å². The van der Waals surface area contributed by atoms with Crippen LogP contribution >= 0.6 is 0 Å². The molecule has 3 nitrogen and oxygen atoms in total. The monoisotopic (exact) mass is 202 g/mol. The minimum absolute atomic E-state index is 0.240. The largest absolute Gasteiger partial charge is 0.370 e. The molecule has 1 fully saturated rings. The lowest BCUT2D eigenvalue weighted by molar-refractivity contribution is 0.112. The van der Waals surface area contributed by atoms with Crippen LogP contribution in [-0.4, -0.2) is 33.3 Å². The van der Waals surface area contributed by atoms with E-state index in [0.717, 1.165) is 42.5 Å². The molecule has 0 saturated carbocycles. The Hall–Kier alpha value is -1.29. The van der Waals surface area contributed by atoms with Gasteiger partial charge in [0.05, 0.1) is 0 Å². The van der Waals surface area contributed by atoms with Gasteiger partial charge in [-0.2, -0.15) is 0 Å². The molecule has 1 aromatic rings. The summed E-state index contributed by atoms with van der Waals surface area (Å²) in [6.07, 6.45) is 1.93. The molecule has 0 spiro atoms. The molecule has 0 aromatic heterocycles. The number of para-hydroxylation sites is 1. The van der Waals surface area contributed by atoms with Gasteiger partial charge in [-0.25, -0.2) is 0 Å². The molecule has 1 saturated heterocycles. The van der Waals surface area contributed by atoms with Crippen LogP contribution in [0.3, 0.4) is 0 Å². The average Bonchev–Trinajstić information content (AvgIpc) is 2.64. The number of benzene rings is 1. The summed E-state index contributed by atoms with van der Waals surface area (Å²) in [5, 5.41) is 0. The Bertz CT molecular complexity index is 381. The maximum atomic E-state index is 11.0. The second-order valence-electron chi connectivity index (χ2n) is 4.13. The summed E-state index contributed by atoms with van der Waals surface area (Å²) in [5.74, 6) is 0. The zero-order valence-electron chi connectivity index (χ0n) is 8.94. The highest BCUT2D eigenvalue weighted by atomic mass is 16.1. The summed E-state index contributed by atoms with van der Waals surface area (Å²) in [7, 11) is 2.03. The highest BCUT2D eigenvalue weighted by molar-refractivity contribution is 6.36. The molecule has 2 rings (SSSR count). The average molecular weight is 202 g/mol. The van der Waals surface area contributed by atoms with Crippen molar-refractivity contribution < 1.29 is 4.79 Å². The van der Waals surface area contributed by atoms with E-state index in [9.17, 15) is 4.79 Å². The van der Waals surface area contributed by atoms with E-state index >= 15 is 0 Å². The summed E-state index contributed by atoms with van der Waals surface area (Å²) in [6.45, 7) is 1.80. The summed E-state index contributed by atoms with van der Waals surface area (Å²) in [6, 6.07) is 6.05. The molecule has 0 radical (unpaired) electrons. The first kappa shape index (κ1) is 10.2. The first-order valence-electron chi connectivity index (χ1n) is 5.27.